The largest absolute Gasteiger partial charge is 0.363 e. The van der Waals surface area contributed by atoms with Gasteiger partial charge in [0.1, 0.15) is 12.1 Å². The van der Waals surface area contributed by atoms with Gasteiger partial charge in [-0.1, -0.05) is 43.3 Å². The summed E-state index contributed by atoms with van der Waals surface area (Å²) in [6.07, 6.45) is 1.88. The molecular weight excluding hydrogens is 644 g/mol. The molecule has 3 aliphatic rings. The van der Waals surface area contributed by atoms with Crippen molar-refractivity contribution in [3.05, 3.63) is 70.6 Å². The Morgan fingerprint density at radius 1 is 1.11 bits per heavy atom. The zero-order chi connectivity index (χ0) is 33.5. The van der Waals surface area contributed by atoms with E-state index in [0.29, 0.717) is 55.5 Å². The van der Waals surface area contributed by atoms with E-state index in [-0.39, 0.29) is 46.7 Å². The molecule has 47 heavy (non-hydrogen) atoms. The second-order valence-corrected chi connectivity index (χ2v) is 15.2. The van der Waals surface area contributed by atoms with Gasteiger partial charge in [0, 0.05) is 42.8 Å². The number of nitriles is 1. The number of hydrogen-bond donors (Lipinski definition) is 3. The standard InChI is InChI=1S/C33H37FN5O6PS/c1-2-37-13-12-24-9-10-27(33(42)38-17-23(16-35)25(18-38)20-6-4-3-5-7-20)39(24)32(41)26(19-37)36-31(40)29-15-22-14-21(8-11-28(22)47-29)30(34)46(43,44)45/h3-8,11,14-15,23-27,30H,2,9-10,12-13,17-19H2,1H3,(H,36,40)(H2,43,44,45)/t23-,24+,25+,26-,27-,30-/m0/s1. The van der Waals surface area contributed by atoms with Crippen molar-refractivity contribution < 1.29 is 33.1 Å². The summed E-state index contributed by atoms with van der Waals surface area (Å²) in [5.74, 6) is -3.93. The van der Waals surface area contributed by atoms with E-state index < -0.39 is 31.5 Å². The van der Waals surface area contributed by atoms with E-state index in [1.165, 1.54) is 24.3 Å². The Morgan fingerprint density at radius 3 is 2.57 bits per heavy atom. The number of hydrogen-bond acceptors (Lipinski definition) is 7. The Kier molecular flexibility index (Phi) is 9.52. The Balaban J connectivity index is 1.22. The van der Waals surface area contributed by atoms with Crippen molar-refractivity contribution in [2.24, 2.45) is 5.92 Å². The van der Waals surface area contributed by atoms with E-state index in [9.17, 15) is 38.4 Å². The number of thiophene rings is 1. The summed E-state index contributed by atoms with van der Waals surface area (Å²) >= 11 is 1.13. The summed E-state index contributed by atoms with van der Waals surface area (Å²) < 4.78 is 26.4. The number of rotatable bonds is 7. The minimum atomic E-state index is -5.00. The molecular formula is C33H37FN5O6PS. The molecule has 0 aliphatic carbocycles. The lowest BCUT2D eigenvalue weighted by molar-refractivity contribution is -0.147. The predicted octanol–water partition coefficient (Wildman–Crippen LogP) is 4.00. The molecule has 14 heteroatoms. The fourth-order valence-corrected chi connectivity index (χ4v) is 8.68. The number of fused-ring (bicyclic) bond motifs is 2. The molecule has 11 nitrogen and oxygen atoms in total. The molecule has 6 rings (SSSR count). The number of carbonyl (C=O) groups excluding carboxylic acids is 3. The lowest BCUT2D eigenvalue weighted by atomic mass is 9.90. The van der Waals surface area contributed by atoms with Crippen LogP contribution in [0, 0.1) is 17.2 Å². The highest BCUT2D eigenvalue weighted by Crippen LogP contribution is 2.53. The summed E-state index contributed by atoms with van der Waals surface area (Å²) in [6, 6.07) is 15.9. The third-order valence-electron chi connectivity index (χ3n) is 9.67. The molecule has 0 bridgehead atoms. The van der Waals surface area contributed by atoms with Gasteiger partial charge in [0.25, 0.3) is 5.91 Å². The van der Waals surface area contributed by atoms with Crippen LogP contribution in [0.25, 0.3) is 10.1 Å². The first-order valence-corrected chi connectivity index (χ1v) is 18.3. The van der Waals surface area contributed by atoms with Gasteiger partial charge < -0.3 is 29.8 Å². The predicted molar refractivity (Wildman–Crippen MR) is 174 cm³/mol. The summed E-state index contributed by atoms with van der Waals surface area (Å²) in [5.41, 5.74) is 0.821. The minimum absolute atomic E-state index is 0.111. The van der Waals surface area contributed by atoms with Gasteiger partial charge >= 0.3 is 7.60 Å². The second kappa shape index (κ2) is 13.5. The highest BCUT2D eigenvalue weighted by molar-refractivity contribution is 7.51. The van der Waals surface area contributed by atoms with Crippen LogP contribution in [0.4, 0.5) is 4.39 Å². The highest BCUT2D eigenvalue weighted by atomic mass is 32.1. The molecule has 3 N–H and O–H groups in total. The number of amides is 3. The number of nitrogens with zero attached hydrogens (tertiary/aromatic N) is 4. The van der Waals surface area contributed by atoms with Crippen LogP contribution in [0.1, 0.15) is 58.8 Å². The molecule has 6 atom stereocenters. The number of alkyl halides is 1. The maximum atomic E-state index is 14.3. The van der Waals surface area contributed by atoms with Crippen molar-refractivity contribution in [3.8, 4) is 6.07 Å². The van der Waals surface area contributed by atoms with Gasteiger partial charge in [-0.15, -0.1) is 11.3 Å². The molecule has 2 aromatic carbocycles. The zero-order valence-corrected chi connectivity index (χ0v) is 27.6. The zero-order valence-electron chi connectivity index (χ0n) is 25.9. The van der Waals surface area contributed by atoms with Gasteiger partial charge in [0.2, 0.25) is 17.7 Å². The number of benzene rings is 2. The van der Waals surface area contributed by atoms with Crippen LogP contribution >= 0.6 is 18.9 Å². The van der Waals surface area contributed by atoms with Crippen LogP contribution in [0.3, 0.4) is 0 Å². The van der Waals surface area contributed by atoms with E-state index in [4.69, 9.17) is 0 Å². The van der Waals surface area contributed by atoms with Crippen LogP contribution in [0.15, 0.2) is 54.6 Å². The molecule has 3 aliphatic heterocycles. The van der Waals surface area contributed by atoms with Crippen LogP contribution in [-0.4, -0.2) is 93.1 Å². The van der Waals surface area contributed by atoms with Crippen molar-refractivity contribution in [3.63, 3.8) is 0 Å². The summed E-state index contributed by atoms with van der Waals surface area (Å²) in [6.45, 7) is 4.33. The van der Waals surface area contributed by atoms with Gasteiger partial charge in [-0.2, -0.15) is 5.26 Å². The van der Waals surface area contributed by atoms with E-state index in [2.05, 4.69) is 16.3 Å². The molecule has 1 aromatic heterocycles. The van der Waals surface area contributed by atoms with Crippen molar-refractivity contribution in [2.45, 2.75) is 56.1 Å². The molecule has 3 amide bonds. The molecule has 0 radical (unpaired) electrons. The number of likely N-dealkylation sites (tertiary alicyclic amines) is 1. The van der Waals surface area contributed by atoms with Gasteiger partial charge in [0.05, 0.1) is 16.9 Å². The minimum Gasteiger partial charge on any atom is -0.339 e. The fraction of sp³-hybridized carbons (Fsp3) is 0.455. The Bertz CT molecular complexity index is 1760. The summed E-state index contributed by atoms with van der Waals surface area (Å²) in [7, 11) is -5.00. The first-order chi connectivity index (χ1) is 22.5. The van der Waals surface area contributed by atoms with Crippen molar-refractivity contribution >= 4 is 46.7 Å². The van der Waals surface area contributed by atoms with Gasteiger partial charge in [-0.05, 0) is 60.5 Å². The average Bonchev–Trinajstić information content (AvgIpc) is 3.80. The number of likely N-dealkylation sites (N-methyl/N-ethyl adjacent to an activating group) is 1. The van der Waals surface area contributed by atoms with E-state index >= 15 is 0 Å². The molecule has 4 heterocycles. The van der Waals surface area contributed by atoms with Gasteiger partial charge in [-0.3, -0.25) is 18.9 Å². The van der Waals surface area contributed by atoms with Crippen molar-refractivity contribution in [2.75, 3.05) is 32.7 Å². The summed E-state index contributed by atoms with van der Waals surface area (Å²) in [5, 5.41) is 13.2. The molecule has 0 saturated carbocycles. The highest BCUT2D eigenvalue weighted by Gasteiger charge is 2.48. The summed E-state index contributed by atoms with van der Waals surface area (Å²) in [4.78, 5) is 66.2. The van der Waals surface area contributed by atoms with Crippen molar-refractivity contribution in [1.82, 2.24) is 20.0 Å². The fourth-order valence-electron chi connectivity index (χ4n) is 7.18. The molecule has 0 unspecified atom stereocenters. The Morgan fingerprint density at radius 2 is 1.87 bits per heavy atom. The first-order valence-electron chi connectivity index (χ1n) is 15.8. The number of halogens is 1. The Hall–Kier alpha value is -3.66. The third-order valence-corrected chi connectivity index (χ3v) is 11.7. The maximum Gasteiger partial charge on any atom is 0.363 e. The van der Waals surface area contributed by atoms with Gasteiger partial charge in [-0.25, -0.2) is 4.39 Å². The van der Waals surface area contributed by atoms with E-state index in [0.717, 1.165) is 16.9 Å². The lowest BCUT2D eigenvalue weighted by Gasteiger charge is -2.39. The molecule has 248 valence electrons. The quantitative estimate of drug-likeness (QED) is 0.317. The topological polar surface area (TPSA) is 154 Å². The van der Waals surface area contributed by atoms with Crippen molar-refractivity contribution in [1.29, 1.82) is 5.26 Å². The average molecular weight is 682 g/mol. The molecule has 3 fully saturated rings. The first kappa shape index (κ1) is 33.2. The van der Waals surface area contributed by atoms with E-state index in [1.54, 1.807) is 9.80 Å². The van der Waals surface area contributed by atoms with Crippen LogP contribution in [0.2, 0.25) is 0 Å². The molecule has 0 spiro atoms. The van der Waals surface area contributed by atoms with E-state index in [1.807, 2.05) is 37.3 Å². The van der Waals surface area contributed by atoms with Crippen LogP contribution in [-0.2, 0) is 14.2 Å². The van der Waals surface area contributed by atoms with Crippen LogP contribution < -0.4 is 5.32 Å². The molecule has 3 aromatic rings. The monoisotopic (exact) mass is 681 g/mol. The van der Waals surface area contributed by atoms with Gasteiger partial charge in [0.15, 0.2) is 0 Å². The third kappa shape index (κ3) is 6.71. The Labute approximate surface area is 276 Å². The normalized spacial score (nSPS) is 26.0. The maximum absolute atomic E-state index is 14.3. The smallest absolute Gasteiger partial charge is 0.339 e. The molecule has 3 saturated heterocycles. The SMILES string of the molecule is CCN1CC[C@H]2CC[C@@H](C(=O)N3C[C@H](c4ccccc4)[C@@H](C#N)C3)N2C(=O)[C@@H](NC(=O)c2cc3cc([C@@H](F)P(=O)(O)O)ccc3s2)C1. The lowest BCUT2D eigenvalue weighted by Crippen LogP contribution is -2.60. The second-order valence-electron chi connectivity index (χ2n) is 12.5. The number of nitrogens with one attached hydrogen (secondary N) is 1. The number of carbonyl (C=O) groups is 3. The van der Waals surface area contributed by atoms with Crippen LogP contribution in [0.5, 0.6) is 0 Å².